The third-order valence-corrected chi connectivity index (χ3v) is 5.80. The molecule has 0 aromatic heterocycles. The Hall–Kier alpha value is -3.63. The number of hydrogen-bond acceptors (Lipinski definition) is 6. The predicted molar refractivity (Wildman–Crippen MR) is 141 cm³/mol. The lowest BCUT2D eigenvalue weighted by Gasteiger charge is -2.38. The highest BCUT2D eigenvalue weighted by atomic mass is 16.6. The predicted octanol–water partition coefficient (Wildman–Crippen LogP) is 1.19. The van der Waals surface area contributed by atoms with Crippen LogP contribution in [0.25, 0.3) is 0 Å². The molecule has 0 radical (unpaired) electrons. The van der Waals surface area contributed by atoms with Gasteiger partial charge in [-0.15, -0.1) is 0 Å². The quantitative estimate of drug-likeness (QED) is 0.163. The van der Waals surface area contributed by atoms with Crippen molar-refractivity contribution >= 4 is 30.2 Å². The Labute approximate surface area is 218 Å². The summed E-state index contributed by atoms with van der Waals surface area (Å²) in [6.45, 7) is 6.17. The van der Waals surface area contributed by atoms with E-state index >= 15 is 0 Å². The first-order chi connectivity index (χ1) is 17.5. The number of benzene rings is 1. The topological polar surface area (TPSA) is 160 Å². The molecule has 0 saturated carbocycles. The van der Waals surface area contributed by atoms with Crippen LogP contribution in [-0.2, 0) is 25.5 Å². The second-order valence-corrected chi connectivity index (χ2v) is 10.1. The summed E-state index contributed by atoms with van der Waals surface area (Å²) in [6.07, 6.45) is 2.65. The normalized spacial score (nSPS) is 16.5. The van der Waals surface area contributed by atoms with E-state index in [-0.39, 0.29) is 18.4 Å². The maximum Gasteiger partial charge on any atom is 0.410 e. The highest BCUT2D eigenvalue weighted by Gasteiger charge is 2.38. The highest BCUT2D eigenvalue weighted by Crippen LogP contribution is 2.21. The number of nitrogens with one attached hydrogen (secondary N) is 1. The summed E-state index contributed by atoms with van der Waals surface area (Å²) in [6, 6.07) is 8.25. The molecule has 1 aliphatic rings. The number of nitrogens with two attached hydrogens (primary N) is 2. The number of guanidine groups is 1. The molecule has 11 nitrogen and oxygen atoms in total. The fourth-order valence-electron chi connectivity index (χ4n) is 4.07. The molecular formula is C26H40N6O5. The van der Waals surface area contributed by atoms with Gasteiger partial charge in [0.1, 0.15) is 17.9 Å². The molecule has 1 aromatic rings. The minimum atomic E-state index is -0.735. The molecule has 1 heterocycles. The van der Waals surface area contributed by atoms with Crippen molar-refractivity contribution in [3.63, 3.8) is 0 Å². The van der Waals surface area contributed by atoms with Crippen LogP contribution in [0.4, 0.5) is 4.79 Å². The number of carbonyl (C=O) groups is 4. The Bertz CT molecular complexity index is 943. The smallest absolute Gasteiger partial charge is 0.410 e. The fraction of sp³-hybridized carbons (Fsp3) is 0.577. The summed E-state index contributed by atoms with van der Waals surface area (Å²) in [5.41, 5.74) is 10.9. The third-order valence-electron chi connectivity index (χ3n) is 5.80. The molecule has 0 bridgehead atoms. The van der Waals surface area contributed by atoms with Gasteiger partial charge in [0.2, 0.25) is 11.8 Å². The number of aldehydes is 1. The summed E-state index contributed by atoms with van der Waals surface area (Å²) in [5, 5.41) is 2.65. The van der Waals surface area contributed by atoms with E-state index in [1.54, 1.807) is 20.8 Å². The molecule has 0 spiro atoms. The second kappa shape index (κ2) is 14.2. The minimum Gasteiger partial charge on any atom is -0.444 e. The van der Waals surface area contributed by atoms with Crippen LogP contribution in [0.1, 0.15) is 52.0 Å². The van der Waals surface area contributed by atoms with Crippen molar-refractivity contribution < 1.29 is 23.9 Å². The van der Waals surface area contributed by atoms with Crippen LogP contribution >= 0.6 is 0 Å². The summed E-state index contributed by atoms with van der Waals surface area (Å²) in [4.78, 5) is 57.3. The molecule has 3 amide bonds. The molecule has 1 fully saturated rings. The monoisotopic (exact) mass is 516 g/mol. The Morgan fingerprint density at radius 2 is 1.97 bits per heavy atom. The number of likely N-dealkylation sites (tertiary alicyclic amines) is 1. The van der Waals surface area contributed by atoms with E-state index in [1.165, 1.54) is 9.80 Å². The van der Waals surface area contributed by atoms with Crippen molar-refractivity contribution in [3.8, 4) is 0 Å². The molecule has 0 aliphatic carbocycles. The largest absolute Gasteiger partial charge is 0.444 e. The van der Waals surface area contributed by atoms with E-state index < -0.39 is 29.7 Å². The second-order valence-electron chi connectivity index (χ2n) is 10.1. The average molecular weight is 517 g/mol. The maximum atomic E-state index is 13.4. The van der Waals surface area contributed by atoms with Crippen molar-refractivity contribution in [1.82, 2.24) is 15.1 Å². The SMILES string of the molecule is CC(C)(C)OC(=O)N(CCc1ccccc1)[C@H]1CCCN(CC(=O)N[C@H](C=O)CCCN=C(N)N)C1=O. The molecule has 204 valence electrons. The van der Waals surface area contributed by atoms with Crippen LogP contribution in [0, 0.1) is 0 Å². The van der Waals surface area contributed by atoms with Crippen molar-refractivity contribution in [2.45, 2.75) is 70.6 Å². The number of carbonyl (C=O) groups excluding carboxylic acids is 4. The van der Waals surface area contributed by atoms with E-state index in [9.17, 15) is 19.2 Å². The van der Waals surface area contributed by atoms with Crippen molar-refractivity contribution in [1.29, 1.82) is 0 Å². The van der Waals surface area contributed by atoms with Gasteiger partial charge in [-0.25, -0.2) is 4.79 Å². The van der Waals surface area contributed by atoms with Gasteiger partial charge < -0.3 is 31.2 Å². The van der Waals surface area contributed by atoms with E-state index in [1.807, 2.05) is 30.3 Å². The van der Waals surface area contributed by atoms with Crippen LogP contribution in [0.15, 0.2) is 35.3 Å². The van der Waals surface area contributed by atoms with Crippen molar-refractivity contribution in [2.75, 3.05) is 26.2 Å². The number of piperidine rings is 1. The van der Waals surface area contributed by atoms with Gasteiger partial charge in [-0.2, -0.15) is 0 Å². The summed E-state index contributed by atoms with van der Waals surface area (Å²) in [7, 11) is 0. The summed E-state index contributed by atoms with van der Waals surface area (Å²) < 4.78 is 5.61. The van der Waals surface area contributed by atoms with Crippen molar-refractivity contribution in [2.24, 2.45) is 16.5 Å². The lowest BCUT2D eigenvalue weighted by molar-refractivity contribution is -0.143. The Morgan fingerprint density at radius 1 is 1.27 bits per heavy atom. The molecule has 0 unspecified atom stereocenters. The lowest BCUT2D eigenvalue weighted by Crippen LogP contribution is -2.57. The number of rotatable bonds is 12. The number of amides is 3. The summed E-state index contributed by atoms with van der Waals surface area (Å²) >= 11 is 0. The van der Waals surface area contributed by atoms with Crippen LogP contribution < -0.4 is 16.8 Å². The molecule has 1 aliphatic heterocycles. The van der Waals surface area contributed by atoms with Crippen LogP contribution in [0.2, 0.25) is 0 Å². The number of hydrogen-bond donors (Lipinski definition) is 3. The maximum absolute atomic E-state index is 13.4. The van der Waals surface area contributed by atoms with Crippen LogP contribution in [0.3, 0.4) is 0 Å². The number of nitrogens with zero attached hydrogens (tertiary/aromatic N) is 3. The van der Waals surface area contributed by atoms with E-state index in [0.29, 0.717) is 58.0 Å². The van der Waals surface area contributed by atoms with Crippen LogP contribution in [-0.4, -0.2) is 83.8 Å². The summed E-state index contributed by atoms with van der Waals surface area (Å²) in [5.74, 6) is -0.786. The van der Waals surface area contributed by atoms with Gasteiger partial charge in [0.25, 0.3) is 0 Å². The molecular weight excluding hydrogens is 476 g/mol. The zero-order valence-corrected chi connectivity index (χ0v) is 22.0. The van der Waals surface area contributed by atoms with Crippen LogP contribution in [0.5, 0.6) is 0 Å². The minimum absolute atomic E-state index is 0.0333. The first kappa shape index (κ1) is 29.6. The Balaban J connectivity index is 2.04. The molecule has 2 rings (SSSR count). The molecule has 1 saturated heterocycles. The first-order valence-corrected chi connectivity index (χ1v) is 12.6. The molecule has 1 aromatic carbocycles. The molecule has 11 heteroatoms. The Morgan fingerprint density at radius 3 is 2.59 bits per heavy atom. The first-order valence-electron chi connectivity index (χ1n) is 12.6. The lowest BCUT2D eigenvalue weighted by atomic mass is 10.0. The van der Waals surface area contributed by atoms with Gasteiger partial charge in [0.15, 0.2) is 5.96 Å². The molecule has 37 heavy (non-hydrogen) atoms. The molecule has 2 atom stereocenters. The van der Waals surface area contributed by atoms with E-state index in [4.69, 9.17) is 16.2 Å². The highest BCUT2D eigenvalue weighted by molar-refractivity contribution is 5.90. The van der Waals surface area contributed by atoms with E-state index in [2.05, 4.69) is 10.3 Å². The van der Waals surface area contributed by atoms with Gasteiger partial charge in [-0.05, 0) is 58.4 Å². The fourth-order valence-corrected chi connectivity index (χ4v) is 4.07. The van der Waals surface area contributed by atoms with Gasteiger partial charge in [0.05, 0.1) is 12.6 Å². The van der Waals surface area contributed by atoms with Gasteiger partial charge in [-0.1, -0.05) is 30.3 Å². The average Bonchev–Trinajstić information content (AvgIpc) is 2.82. The Kier molecular flexibility index (Phi) is 11.4. The third kappa shape index (κ3) is 10.5. The standard InChI is InChI=1S/C26H40N6O5/c1-26(2,3)37-25(36)32(16-13-19-9-5-4-6-10-19)21-12-8-15-31(23(21)35)17-22(34)30-20(18-33)11-7-14-29-24(27)28/h4-6,9-10,18,20-21H,7-8,11-17H2,1-3H3,(H,30,34)(H4,27,28,29)/t20-,21-/m0/s1. The van der Waals surface area contributed by atoms with Gasteiger partial charge >= 0.3 is 6.09 Å². The van der Waals surface area contributed by atoms with Gasteiger partial charge in [-0.3, -0.25) is 19.5 Å². The van der Waals surface area contributed by atoms with Gasteiger partial charge in [0, 0.05) is 19.6 Å². The van der Waals surface area contributed by atoms with Crippen molar-refractivity contribution in [3.05, 3.63) is 35.9 Å². The zero-order chi connectivity index (χ0) is 27.4. The van der Waals surface area contributed by atoms with E-state index in [0.717, 1.165) is 5.56 Å². The number of aliphatic imine (C=N–C) groups is 1. The zero-order valence-electron chi connectivity index (χ0n) is 22.0. The number of ether oxygens (including phenoxy) is 1. The molecule has 5 N–H and O–H groups in total.